The number of amides is 3. The van der Waals surface area contributed by atoms with Crippen molar-refractivity contribution in [3.63, 3.8) is 0 Å². The normalized spacial score (nSPS) is 22.4. The van der Waals surface area contributed by atoms with E-state index in [0.29, 0.717) is 16.9 Å². The molecule has 1 fully saturated rings. The van der Waals surface area contributed by atoms with Gasteiger partial charge in [0.2, 0.25) is 11.8 Å². The van der Waals surface area contributed by atoms with Crippen LogP contribution in [0.5, 0.6) is 5.75 Å². The van der Waals surface area contributed by atoms with E-state index in [-0.39, 0.29) is 24.5 Å². The third-order valence-electron chi connectivity index (χ3n) is 7.65. The van der Waals surface area contributed by atoms with Gasteiger partial charge in [-0.05, 0) is 72.2 Å². The molecule has 1 saturated heterocycles. The summed E-state index contributed by atoms with van der Waals surface area (Å²) in [5.74, 6) is -3.77. The third-order valence-corrected chi connectivity index (χ3v) is 7.65. The quantitative estimate of drug-likeness (QED) is 0.344. The minimum Gasteiger partial charge on any atom is -0.508 e. The molecule has 0 unspecified atom stereocenters. The number of carbonyl (C=O) groups is 3. The third kappa shape index (κ3) is 5.65. The van der Waals surface area contributed by atoms with Gasteiger partial charge in [0.25, 0.3) is 0 Å². The summed E-state index contributed by atoms with van der Waals surface area (Å²) in [5, 5.41) is 31.6. The molecule has 1 aromatic carbocycles. The lowest BCUT2D eigenvalue weighted by Gasteiger charge is -2.38. The molecule has 4 rings (SSSR count). The number of imide groups is 3. The van der Waals surface area contributed by atoms with Crippen LogP contribution in [-0.4, -0.2) is 62.9 Å². The van der Waals surface area contributed by atoms with E-state index in [0.717, 1.165) is 29.5 Å². The van der Waals surface area contributed by atoms with Crippen molar-refractivity contribution in [2.24, 2.45) is 23.7 Å². The zero-order valence-electron chi connectivity index (χ0n) is 22.3. The summed E-state index contributed by atoms with van der Waals surface area (Å²) in [5.41, 5.74) is 3.84. The molecule has 9 heteroatoms. The fourth-order valence-electron chi connectivity index (χ4n) is 5.76. The smallest absolute Gasteiger partial charge is 0.423 e. The van der Waals surface area contributed by atoms with Crippen molar-refractivity contribution in [1.82, 2.24) is 9.88 Å². The predicted octanol–water partition coefficient (Wildman–Crippen LogP) is 3.80. The number of allylic oxidation sites excluding steroid dienone is 2. The van der Waals surface area contributed by atoms with Crippen LogP contribution in [0.1, 0.15) is 44.4 Å². The first-order valence-corrected chi connectivity index (χ1v) is 13.1. The molecule has 1 aromatic heterocycles. The number of phenols is 1. The Hall–Kier alpha value is -3.82. The molecule has 1 aliphatic carbocycles. The maximum Gasteiger partial charge on any atom is 0.423 e. The van der Waals surface area contributed by atoms with E-state index in [1.54, 1.807) is 30.5 Å². The highest BCUT2D eigenvalue weighted by molar-refractivity contribution is 6.16. The first-order chi connectivity index (χ1) is 18.7. The standard InChI is InChI=1S/C30H34N2O7/c1-17(2)21-15-22-27(29(37)32(28(22)36)30(38)39-3)23(16-33)26(21)25(35)12-9-19(24-6-4-5-13-31-24)14-18-7-10-20(34)11-8-18/h4-8,10-11,13-14,17,22-23,25,27,33-35H,9,12,15-16H2,1-3H3/b19-14-/t22-,23+,25-,27-/m1/s1. The molecule has 2 aromatic rings. The summed E-state index contributed by atoms with van der Waals surface area (Å²) < 4.78 is 4.65. The molecule has 4 atom stereocenters. The first kappa shape index (κ1) is 28.2. The van der Waals surface area contributed by atoms with E-state index in [4.69, 9.17) is 0 Å². The number of fused-ring (bicyclic) bond motifs is 1. The molecule has 206 valence electrons. The molecular formula is C30H34N2O7. The van der Waals surface area contributed by atoms with E-state index in [9.17, 15) is 29.7 Å². The summed E-state index contributed by atoms with van der Waals surface area (Å²) in [4.78, 5) is 43.4. The number of aliphatic hydroxyl groups is 2. The van der Waals surface area contributed by atoms with Gasteiger partial charge in [0, 0.05) is 12.1 Å². The Morgan fingerprint density at radius 2 is 1.87 bits per heavy atom. The van der Waals surface area contributed by atoms with Gasteiger partial charge < -0.3 is 20.1 Å². The Labute approximate surface area is 227 Å². The number of pyridine rings is 1. The molecule has 3 amide bonds. The number of carbonyl (C=O) groups excluding carboxylic acids is 3. The molecule has 0 saturated carbocycles. The summed E-state index contributed by atoms with van der Waals surface area (Å²) in [6, 6.07) is 12.3. The van der Waals surface area contributed by atoms with Crippen LogP contribution in [0.2, 0.25) is 0 Å². The SMILES string of the molecule is COC(=O)N1C(=O)[C@@H]2[C@@H](CC(C(C)C)=C([C@H](O)CC/C(=C/c3ccc(O)cc3)c3ccccn3)[C@@H]2CO)C1=O. The molecule has 9 nitrogen and oxygen atoms in total. The number of rotatable bonds is 8. The number of ether oxygens (including phenoxy) is 1. The highest BCUT2D eigenvalue weighted by atomic mass is 16.5. The lowest BCUT2D eigenvalue weighted by atomic mass is 9.66. The Morgan fingerprint density at radius 3 is 2.46 bits per heavy atom. The number of aliphatic hydroxyl groups excluding tert-OH is 2. The number of hydrogen-bond donors (Lipinski definition) is 3. The second-order valence-electron chi connectivity index (χ2n) is 10.3. The second kappa shape index (κ2) is 11.9. The Kier molecular flexibility index (Phi) is 8.62. The van der Waals surface area contributed by atoms with Gasteiger partial charge in [-0.1, -0.05) is 37.6 Å². The number of aromatic hydroxyl groups is 1. The lowest BCUT2D eigenvalue weighted by Crippen LogP contribution is -2.40. The average molecular weight is 535 g/mol. The Bertz CT molecular complexity index is 1280. The van der Waals surface area contributed by atoms with Crippen LogP contribution in [0.15, 0.2) is 59.8 Å². The Balaban J connectivity index is 1.65. The zero-order valence-corrected chi connectivity index (χ0v) is 22.3. The summed E-state index contributed by atoms with van der Waals surface area (Å²) in [6.45, 7) is 3.44. The highest BCUT2D eigenvalue weighted by Gasteiger charge is 2.57. The van der Waals surface area contributed by atoms with Crippen LogP contribution in [-0.2, 0) is 14.3 Å². The van der Waals surface area contributed by atoms with Crippen molar-refractivity contribution in [2.75, 3.05) is 13.7 Å². The van der Waals surface area contributed by atoms with Crippen molar-refractivity contribution in [3.05, 3.63) is 71.1 Å². The topological polar surface area (TPSA) is 137 Å². The number of methoxy groups -OCH3 is 1. The summed E-state index contributed by atoms with van der Waals surface area (Å²) in [7, 11) is 1.10. The van der Waals surface area contributed by atoms with Crippen molar-refractivity contribution < 1.29 is 34.4 Å². The number of phenolic OH excluding ortho intramolecular Hbond substituents is 1. The minimum absolute atomic E-state index is 0.0532. The van der Waals surface area contributed by atoms with E-state index >= 15 is 0 Å². The molecule has 3 N–H and O–H groups in total. The molecule has 0 spiro atoms. The van der Waals surface area contributed by atoms with E-state index < -0.39 is 48.4 Å². The number of hydrogen-bond acceptors (Lipinski definition) is 8. The van der Waals surface area contributed by atoms with E-state index in [2.05, 4.69) is 9.72 Å². The fourth-order valence-corrected chi connectivity index (χ4v) is 5.76. The number of benzene rings is 1. The van der Waals surface area contributed by atoms with Crippen molar-refractivity contribution in [2.45, 2.75) is 39.2 Å². The predicted molar refractivity (Wildman–Crippen MR) is 144 cm³/mol. The van der Waals surface area contributed by atoms with E-state index in [1.165, 1.54) is 0 Å². The van der Waals surface area contributed by atoms with Gasteiger partial charge in [-0.25, -0.2) is 4.79 Å². The molecule has 2 aliphatic rings. The van der Waals surface area contributed by atoms with Gasteiger partial charge in [-0.15, -0.1) is 0 Å². The number of nitrogens with zero attached hydrogens (tertiary/aromatic N) is 2. The van der Waals surface area contributed by atoms with Gasteiger partial charge in [0.1, 0.15) is 5.75 Å². The van der Waals surface area contributed by atoms with Crippen LogP contribution in [0.25, 0.3) is 11.6 Å². The molecule has 0 radical (unpaired) electrons. The fraction of sp³-hybridized carbons (Fsp3) is 0.400. The minimum atomic E-state index is -1.04. The second-order valence-corrected chi connectivity index (χ2v) is 10.3. The molecular weight excluding hydrogens is 500 g/mol. The van der Waals surface area contributed by atoms with Crippen LogP contribution in [0.3, 0.4) is 0 Å². The zero-order chi connectivity index (χ0) is 28.3. The van der Waals surface area contributed by atoms with Crippen LogP contribution in [0, 0.1) is 23.7 Å². The maximum atomic E-state index is 13.2. The molecule has 2 heterocycles. The average Bonchev–Trinajstić information content (AvgIpc) is 3.19. The van der Waals surface area contributed by atoms with Gasteiger partial charge in [0.05, 0.1) is 37.4 Å². The lowest BCUT2D eigenvalue weighted by molar-refractivity contribution is -0.137. The van der Waals surface area contributed by atoms with Gasteiger partial charge >= 0.3 is 6.09 Å². The Morgan fingerprint density at radius 1 is 1.15 bits per heavy atom. The number of aromatic nitrogens is 1. The van der Waals surface area contributed by atoms with Crippen LogP contribution >= 0.6 is 0 Å². The van der Waals surface area contributed by atoms with Crippen LogP contribution in [0.4, 0.5) is 4.79 Å². The summed E-state index contributed by atoms with van der Waals surface area (Å²) >= 11 is 0. The monoisotopic (exact) mass is 534 g/mol. The van der Waals surface area contributed by atoms with E-state index in [1.807, 2.05) is 38.1 Å². The first-order valence-electron chi connectivity index (χ1n) is 13.1. The van der Waals surface area contributed by atoms with Crippen molar-refractivity contribution in [1.29, 1.82) is 0 Å². The molecule has 0 bridgehead atoms. The summed E-state index contributed by atoms with van der Waals surface area (Å²) in [6.07, 6.45) is 2.53. The van der Waals surface area contributed by atoms with Gasteiger partial charge in [-0.2, -0.15) is 4.90 Å². The largest absolute Gasteiger partial charge is 0.508 e. The van der Waals surface area contributed by atoms with Crippen molar-refractivity contribution in [3.8, 4) is 5.75 Å². The number of likely N-dealkylation sites (tertiary alicyclic amines) is 1. The van der Waals surface area contributed by atoms with Gasteiger partial charge in [-0.3, -0.25) is 14.6 Å². The van der Waals surface area contributed by atoms with Gasteiger partial charge in [0.15, 0.2) is 0 Å². The van der Waals surface area contributed by atoms with Crippen molar-refractivity contribution >= 4 is 29.6 Å². The van der Waals surface area contributed by atoms with Crippen LogP contribution < -0.4 is 0 Å². The maximum absolute atomic E-state index is 13.2. The molecule has 39 heavy (non-hydrogen) atoms. The molecule has 1 aliphatic heterocycles. The highest BCUT2D eigenvalue weighted by Crippen LogP contribution is 2.48.